The SMILES string of the molecule is COC(=O)c1ccccc1-c1ccc(/C=N\NC(=O)c2ccc(Br)cc2)o1. The lowest BCUT2D eigenvalue weighted by Gasteiger charge is -2.04. The Kier molecular flexibility index (Phi) is 5.83. The molecule has 136 valence electrons. The minimum absolute atomic E-state index is 0.332. The maximum absolute atomic E-state index is 12.0. The Hall–Kier alpha value is -3.19. The van der Waals surface area contributed by atoms with E-state index in [1.54, 1.807) is 60.7 Å². The molecule has 2 aromatic carbocycles. The summed E-state index contributed by atoms with van der Waals surface area (Å²) in [6.07, 6.45) is 1.39. The van der Waals surface area contributed by atoms with Crippen molar-refractivity contribution in [2.45, 2.75) is 0 Å². The van der Waals surface area contributed by atoms with E-state index < -0.39 is 5.97 Å². The maximum Gasteiger partial charge on any atom is 0.338 e. The van der Waals surface area contributed by atoms with E-state index in [4.69, 9.17) is 9.15 Å². The molecule has 0 fully saturated rings. The van der Waals surface area contributed by atoms with Gasteiger partial charge in [0.15, 0.2) is 0 Å². The number of furan rings is 1. The fraction of sp³-hybridized carbons (Fsp3) is 0.0500. The molecule has 0 saturated heterocycles. The van der Waals surface area contributed by atoms with Gasteiger partial charge in [0.2, 0.25) is 0 Å². The smallest absolute Gasteiger partial charge is 0.338 e. The summed E-state index contributed by atoms with van der Waals surface area (Å²) in [7, 11) is 1.33. The second-order valence-corrected chi connectivity index (χ2v) is 6.36. The van der Waals surface area contributed by atoms with Crippen LogP contribution in [-0.2, 0) is 4.74 Å². The standard InChI is InChI=1S/C20H15BrN2O4/c1-26-20(25)17-5-3-2-4-16(17)18-11-10-15(27-18)12-22-23-19(24)13-6-8-14(21)9-7-13/h2-12H,1H3,(H,23,24)/b22-12-. The highest BCUT2D eigenvalue weighted by Gasteiger charge is 2.15. The summed E-state index contributed by atoms with van der Waals surface area (Å²) in [5.74, 6) is 0.151. The topological polar surface area (TPSA) is 80.9 Å². The number of esters is 1. The monoisotopic (exact) mass is 426 g/mol. The molecule has 1 amide bonds. The van der Waals surface area contributed by atoms with Crippen molar-refractivity contribution in [2.24, 2.45) is 5.10 Å². The van der Waals surface area contributed by atoms with Crippen LogP contribution in [0.2, 0.25) is 0 Å². The highest BCUT2D eigenvalue weighted by molar-refractivity contribution is 9.10. The number of ether oxygens (including phenoxy) is 1. The molecule has 0 radical (unpaired) electrons. The lowest BCUT2D eigenvalue weighted by Crippen LogP contribution is -2.17. The van der Waals surface area contributed by atoms with Gasteiger partial charge < -0.3 is 9.15 Å². The Morgan fingerprint density at radius 3 is 2.56 bits per heavy atom. The molecular weight excluding hydrogens is 412 g/mol. The summed E-state index contributed by atoms with van der Waals surface area (Å²) >= 11 is 3.32. The van der Waals surface area contributed by atoms with Gasteiger partial charge in [-0.05, 0) is 42.5 Å². The number of carbonyl (C=O) groups excluding carboxylic acids is 2. The summed E-state index contributed by atoms with van der Waals surface area (Å²) in [5, 5.41) is 3.90. The number of benzene rings is 2. The number of nitrogens with one attached hydrogen (secondary N) is 1. The van der Waals surface area contributed by atoms with E-state index >= 15 is 0 Å². The average molecular weight is 427 g/mol. The van der Waals surface area contributed by atoms with E-state index in [2.05, 4.69) is 26.5 Å². The average Bonchev–Trinajstić information content (AvgIpc) is 3.16. The van der Waals surface area contributed by atoms with E-state index in [-0.39, 0.29) is 5.91 Å². The first-order chi connectivity index (χ1) is 13.1. The van der Waals surface area contributed by atoms with Gasteiger partial charge in [0.1, 0.15) is 11.5 Å². The molecule has 3 rings (SSSR count). The van der Waals surface area contributed by atoms with Crippen LogP contribution in [0.15, 0.2) is 74.7 Å². The molecule has 1 heterocycles. The molecule has 1 aromatic heterocycles. The molecule has 0 unspecified atom stereocenters. The van der Waals surface area contributed by atoms with Crippen molar-refractivity contribution in [3.8, 4) is 11.3 Å². The van der Waals surface area contributed by atoms with Crippen molar-refractivity contribution in [1.82, 2.24) is 5.43 Å². The fourth-order valence-electron chi connectivity index (χ4n) is 2.37. The molecule has 1 N–H and O–H groups in total. The van der Waals surface area contributed by atoms with Gasteiger partial charge in [-0.1, -0.05) is 34.1 Å². The number of rotatable bonds is 5. The van der Waals surface area contributed by atoms with Gasteiger partial charge in [0, 0.05) is 15.6 Å². The van der Waals surface area contributed by atoms with E-state index in [0.717, 1.165) is 4.47 Å². The molecule has 0 atom stereocenters. The van der Waals surface area contributed by atoms with Crippen LogP contribution in [0, 0.1) is 0 Å². The summed E-state index contributed by atoms with van der Waals surface area (Å²) < 4.78 is 11.4. The number of hydrogen-bond acceptors (Lipinski definition) is 5. The van der Waals surface area contributed by atoms with Gasteiger partial charge in [-0.15, -0.1) is 0 Å². The van der Waals surface area contributed by atoms with Crippen LogP contribution in [0.4, 0.5) is 0 Å². The number of hydrazone groups is 1. The molecule has 6 nitrogen and oxygen atoms in total. The zero-order valence-corrected chi connectivity index (χ0v) is 15.9. The number of carbonyl (C=O) groups is 2. The van der Waals surface area contributed by atoms with Gasteiger partial charge in [-0.2, -0.15) is 5.10 Å². The van der Waals surface area contributed by atoms with E-state index in [1.807, 2.05) is 0 Å². The van der Waals surface area contributed by atoms with E-state index in [1.165, 1.54) is 13.3 Å². The van der Waals surface area contributed by atoms with E-state index in [9.17, 15) is 9.59 Å². The third kappa shape index (κ3) is 4.51. The van der Waals surface area contributed by atoms with Gasteiger partial charge in [-0.25, -0.2) is 10.2 Å². The van der Waals surface area contributed by atoms with Crippen molar-refractivity contribution in [3.05, 3.63) is 82.0 Å². The van der Waals surface area contributed by atoms with Gasteiger partial charge >= 0.3 is 5.97 Å². The van der Waals surface area contributed by atoms with Crippen LogP contribution in [0.1, 0.15) is 26.5 Å². The Bertz CT molecular complexity index is 993. The first kappa shape index (κ1) is 18.6. The molecule has 3 aromatic rings. The molecule has 0 spiro atoms. The van der Waals surface area contributed by atoms with Crippen LogP contribution in [0.5, 0.6) is 0 Å². The third-order valence-electron chi connectivity index (χ3n) is 3.69. The predicted octanol–water partition coefficient (Wildman–Crippen LogP) is 4.26. The Labute approximate surface area is 164 Å². The molecule has 0 aliphatic carbocycles. The van der Waals surface area contributed by atoms with Gasteiger partial charge in [0.05, 0.1) is 18.9 Å². The first-order valence-corrected chi connectivity index (χ1v) is 8.74. The van der Waals surface area contributed by atoms with Crippen molar-refractivity contribution in [1.29, 1.82) is 0 Å². The van der Waals surface area contributed by atoms with Crippen LogP contribution in [0.3, 0.4) is 0 Å². The van der Waals surface area contributed by atoms with Gasteiger partial charge in [0.25, 0.3) is 5.91 Å². The first-order valence-electron chi connectivity index (χ1n) is 7.95. The highest BCUT2D eigenvalue weighted by Crippen LogP contribution is 2.26. The molecule has 0 saturated carbocycles. The van der Waals surface area contributed by atoms with Crippen LogP contribution in [0.25, 0.3) is 11.3 Å². The Morgan fingerprint density at radius 2 is 1.81 bits per heavy atom. The molecule has 27 heavy (non-hydrogen) atoms. The molecule has 0 aliphatic heterocycles. The second-order valence-electron chi connectivity index (χ2n) is 5.45. The summed E-state index contributed by atoms with van der Waals surface area (Å²) in [5.41, 5.74) is 3.94. The predicted molar refractivity (Wildman–Crippen MR) is 105 cm³/mol. The Balaban J connectivity index is 1.71. The van der Waals surface area contributed by atoms with Crippen LogP contribution >= 0.6 is 15.9 Å². The fourth-order valence-corrected chi connectivity index (χ4v) is 2.64. The van der Waals surface area contributed by atoms with Crippen LogP contribution < -0.4 is 5.43 Å². The maximum atomic E-state index is 12.0. The van der Waals surface area contributed by atoms with Crippen molar-refractivity contribution in [2.75, 3.05) is 7.11 Å². The second kappa shape index (κ2) is 8.46. The number of hydrogen-bond donors (Lipinski definition) is 1. The van der Waals surface area contributed by atoms with Crippen molar-refractivity contribution < 1.29 is 18.7 Å². The number of methoxy groups -OCH3 is 1. The minimum atomic E-state index is -0.445. The van der Waals surface area contributed by atoms with Crippen molar-refractivity contribution in [3.63, 3.8) is 0 Å². The molecule has 0 bridgehead atoms. The molecule has 7 heteroatoms. The normalized spacial score (nSPS) is 10.7. The molecular formula is C20H15BrN2O4. The number of amides is 1. The largest absolute Gasteiger partial charge is 0.465 e. The third-order valence-corrected chi connectivity index (χ3v) is 4.22. The Morgan fingerprint density at radius 1 is 1.07 bits per heavy atom. The summed E-state index contributed by atoms with van der Waals surface area (Å²) in [6, 6.07) is 17.3. The number of halogens is 1. The lowest BCUT2D eigenvalue weighted by atomic mass is 10.1. The lowest BCUT2D eigenvalue weighted by molar-refractivity contribution is 0.0601. The summed E-state index contributed by atoms with van der Waals surface area (Å²) in [4.78, 5) is 23.9. The highest BCUT2D eigenvalue weighted by atomic mass is 79.9. The zero-order valence-electron chi connectivity index (χ0n) is 14.3. The number of nitrogens with zero attached hydrogens (tertiary/aromatic N) is 1. The quantitative estimate of drug-likeness (QED) is 0.375. The van der Waals surface area contributed by atoms with Crippen molar-refractivity contribution >= 4 is 34.0 Å². The van der Waals surface area contributed by atoms with Crippen LogP contribution in [-0.4, -0.2) is 25.2 Å². The van der Waals surface area contributed by atoms with Gasteiger partial charge in [-0.3, -0.25) is 4.79 Å². The van der Waals surface area contributed by atoms with E-state index in [0.29, 0.717) is 28.2 Å². The summed E-state index contributed by atoms with van der Waals surface area (Å²) in [6.45, 7) is 0. The zero-order chi connectivity index (χ0) is 19.2. The molecule has 0 aliphatic rings. The minimum Gasteiger partial charge on any atom is -0.465 e.